The highest BCUT2D eigenvalue weighted by Crippen LogP contribution is 2.56. The molecule has 0 fully saturated rings. The van der Waals surface area contributed by atoms with Crippen LogP contribution in [0.2, 0.25) is 0 Å². The highest BCUT2D eigenvalue weighted by atomic mass is 35.9. The molecule has 0 aliphatic heterocycles. The summed E-state index contributed by atoms with van der Waals surface area (Å²) in [5.74, 6) is 0. The summed E-state index contributed by atoms with van der Waals surface area (Å²) in [5.41, 5.74) is 0. The smallest absolute Gasteiger partial charge is 0.228 e. The SMILES string of the molecule is O=C(Cl)CP(=S)(Cl)Cl. The van der Waals surface area contributed by atoms with Crippen LogP contribution in [0.1, 0.15) is 0 Å². The van der Waals surface area contributed by atoms with Crippen molar-refractivity contribution in [3.63, 3.8) is 0 Å². The Hall–Kier alpha value is 1.19. The van der Waals surface area contributed by atoms with Crippen LogP contribution in [0.25, 0.3) is 0 Å². The van der Waals surface area contributed by atoms with Crippen LogP contribution in [-0.4, -0.2) is 11.4 Å². The van der Waals surface area contributed by atoms with Crippen molar-refractivity contribution < 1.29 is 4.79 Å². The summed E-state index contributed by atoms with van der Waals surface area (Å²) in [5, 5.41) is -0.571. The van der Waals surface area contributed by atoms with Gasteiger partial charge in [0.05, 0.1) is 6.16 Å². The first-order chi connectivity index (χ1) is 3.42. The minimum atomic E-state index is -2.43. The monoisotopic (exact) mass is 210 g/mol. The van der Waals surface area contributed by atoms with E-state index >= 15 is 0 Å². The quantitative estimate of drug-likeness (QED) is 0.516. The molecule has 0 saturated carbocycles. The predicted molar refractivity (Wildman–Crippen MR) is 41.7 cm³/mol. The summed E-state index contributed by atoms with van der Waals surface area (Å²) < 4.78 is -2.43. The average molecular weight is 211 g/mol. The van der Waals surface area contributed by atoms with Crippen LogP contribution >= 0.6 is 38.8 Å². The van der Waals surface area contributed by atoms with Gasteiger partial charge in [-0.05, 0) is 11.6 Å². The van der Waals surface area contributed by atoms with Crippen molar-refractivity contribution in [2.24, 2.45) is 0 Å². The van der Waals surface area contributed by atoms with E-state index in [1.807, 2.05) is 0 Å². The summed E-state index contributed by atoms with van der Waals surface area (Å²) in [6, 6.07) is 0. The highest BCUT2D eigenvalue weighted by Gasteiger charge is 2.11. The first kappa shape index (κ1) is 9.19. The molecule has 0 aliphatic carbocycles. The third-order valence-electron chi connectivity index (χ3n) is 0.308. The Kier molecular flexibility index (Phi) is 3.88. The van der Waals surface area contributed by atoms with Crippen molar-refractivity contribution in [2.75, 3.05) is 6.16 Å². The van der Waals surface area contributed by atoms with E-state index in [4.69, 9.17) is 34.1 Å². The van der Waals surface area contributed by atoms with Crippen molar-refractivity contribution in [3.05, 3.63) is 0 Å². The van der Waals surface area contributed by atoms with E-state index in [0.717, 1.165) is 0 Å². The maximum atomic E-state index is 10.0. The van der Waals surface area contributed by atoms with Gasteiger partial charge in [-0.25, -0.2) is 0 Å². The molecule has 0 spiro atoms. The predicted octanol–water partition coefficient (Wildman–Crippen LogP) is 2.54. The Bertz CT molecular complexity index is 140. The van der Waals surface area contributed by atoms with Crippen molar-refractivity contribution >= 4 is 55.9 Å². The molecule has 8 heavy (non-hydrogen) atoms. The second-order valence-electron chi connectivity index (χ2n) is 1.08. The van der Waals surface area contributed by atoms with Gasteiger partial charge in [0, 0.05) is 0 Å². The van der Waals surface area contributed by atoms with Gasteiger partial charge in [-0.2, -0.15) is 0 Å². The van der Waals surface area contributed by atoms with Crippen molar-refractivity contribution in [3.8, 4) is 0 Å². The molecular weight excluding hydrogens is 209 g/mol. The summed E-state index contributed by atoms with van der Waals surface area (Å²) >= 11 is 20.0. The number of carbonyl (C=O) groups is 1. The summed E-state index contributed by atoms with van der Waals surface area (Å²) in [6.07, 6.45) is -0.0903. The Morgan fingerprint density at radius 1 is 1.62 bits per heavy atom. The molecule has 1 nitrogen and oxygen atoms in total. The maximum absolute atomic E-state index is 10.0. The largest absolute Gasteiger partial charge is 0.281 e. The molecule has 48 valence electrons. The summed E-state index contributed by atoms with van der Waals surface area (Å²) in [4.78, 5) is 10.0. The zero-order valence-corrected chi connectivity index (χ0v) is 7.58. The highest BCUT2D eigenvalue weighted by molar-refractivity contribution is 8.39. The minimum Gasteiger partial charge on any atom is -0.281 e. The maximum Gasteiger partial charge on any atom is 0.228 e. The third-order valence-corrected chi connectivity index (χ3v) is 2.39. The molecule has 0 atom stereocenters. The van der Waals surface area contributed by atoms with E-state index in [1.165, 1.54) is 0 Å². The molecular formula is C2H2Cl3OPS. The number of rotatable bonds is 2. The Labute approximate surface area is 66.9 Å². The van der Waals surface area contributed by atoms with Crippen molar-refractivity contribution in [2.45, 2.75) is 0 Å². The average Bonchev–Trinajstić information content (AvgIpc) is 1.21. The van der Waals surface area contributed by atoms with Gasteiger partial charge >= 0.3 is 0 Å². The van der Waals surface area contributed by atoms with Gasteiger partial charge in [0.1, 0.15) is 4.74 Å². The van der Waals surface area contributed by atoms with Crippen LogP contribution in [0.15, 0.2) is 0 Å². The van der Waals surface area contributed by atoms with Gasteiger partial charge in [0.15, 0.2) is 0 Å². The lowest BCUT2D eigenvalue weighted by molar-refractivity contribution is -0.109. The first-order valence-electron chi connectivity index (χ1n) is 1.58. The third kappa shape index (κ3) is 7.19. The number of halogens is 3. The molecule has 0 aromatic carbocycles. The van der Waals surface area contributed by atoms with Crippen LogP contribution < -0.4 is 0 Å². The zero-order valence-electron chi connectivity index (χ0n) is 3.60. The van der Waals surface area contributed by atoms with Crippen LogP contribution in [-0.2, 0) is 16.6 Å². The van der Waals surface area contributed by atoms with E-state index in [0.29, 0.717) is 0 Å². The Morgan fingerprint density at radius 2 is 2.00 bits per heavy atom. The molecule has 0 saturated heterocycles. The van der Waals surface area contributed by atoms with E-state index in [9.17, 15) is 4.79 Å². The minimum absolute atomic E-state index is 0.0903. The standard InChI is InChI=1S/C2H2Cl3OPS/c3-2(6)1-7(4,5)8/h1H2. The summed E-state index contributed by atoms with van der Waals surface area (Å²) in [7, 11) is 0. The van der Waals surface area contributed by atoms with Gasteiger partial charge < -0.3 is 0 Å². The Morgan fingerprint density at radius 3 is 2.00 bits per heavy atom. The molecule has 0 bridgehead atoms. The molecule has 0 heterocycles. The fourth-order valence-corrected chi connectivity index (χ4v) is 2.55. The second kappa shape index (κ2) is 3.38. The van der Waals surface area contributed by atoms with E-state index in [2.05, 4.69) is 11.8 Å². The lowest BCUT2D eigenvalue weighted by Crippen LogP contribution is -1.88. The molecule has 0 rings (SSSR count). The van der Waals surface area contributed by atoms with Gasteiger partial charge in [0.25, 0.3) is 0 Å². The lowest BCUT2D eigenvalue weighted by Gasteiger charge is -1.96. The molecule has 0 amide bonds. The first-order valence-corrected chi connectivity index (χ1v) is 6.76. The van der Waals surface area contributed by atoms with Crippen molar-refractivity contribution in [1.29, 1.82) is 0 Å². The fraction of sp³-hybridized carbons (Fsp3) is 0.500. The van der Waals surface area contributed by atoms with Gasteiger partial charge in [-0.15, -0.1) is 0 Å². The molecule has 6 heteroatoms. The number of hydrogen-bond donors (Lipinski definition) is 0. The second-order valence-corrected chi connectivity index (χ2v) is 10.0. The van der Waals surface area contributed by atoms with Crippen molar-refractivity contribution in [1.82, 2.24) is 0 Å². The van der Waals surface area contributed by atoms with Crippen LogP contribution in [0, 0.1) is 0 Å². The molecule has 0 aromatic rings. The number of hydrogen-bond acceptors (Lipinski definition) is 2. The van der Waals surface area contributed by atoms with E-state index < -0.39 is 9.99 Å². The van der Waals surface area contributed by atoms with Crippen LogP contribution in [0.3, 0.4) is 0 Å². The molecule has 0 aromatic heterocycles. The molecule has 0 radical (unpaired) electrons. The summed E-state index contributed by atoms with van der Waals surface area (Å²) in [6.45, 7) is 0. The topological polar surface area (TPSA) is 17.1 Å². The normalized spacial score (nSPS) is 11.4. The molecule has 0 aliphatic rings. The van der Waals surface area contributed by atoms with E-state index in [-0.39, 0.29) is 6.16 Å². The van der Waals surface area contributed by atoms with Gasteiger partial charge in [0.2, 0.25) is 5.24 Å². The van der Waals surface area contributed by atoms with E-state index in [1.54, 1.807) is 0 Å². The Balaban J connectivity index is 3.74. The van der Waals surface area contributed by atoms with Gasteiger partial charge in [-0.3, -0.25) is 4.79 Å². The zero-order chi connectivity index (χ0) is 6.78. The fourth-order valence-electron chi connectivity index (χ4n) is 0.145. The van der Waals surface area contributed by atoms with Gasteiger partial charge in [-0.1, -0.05) is 34.3 Å². The molecule has 0 unspecified atom stereocenters. The lowest BCUT2D eigenvalue weighted by atomic mass is 10.9. The van der Waals surface area contributed by atoms with Crippen LogP contribution in [0.5, 0.6) is 0 Å². The van der Waals surface area contributed by atoms with Crippen LogP contribution in [0.4, 0.5) is 0 Å². The number of carbonyl (C=O) groups excluding carboxylic acids is 1. The molecule has 0 N–H and O–H groups in total.